The van der Waals surface area contributed by atoms with Crippen molar-refractivity contribution in [1.29, 1.82) is 0 Å². The van der Waals surface area contributed by atoms with Gasteiger partial charge in [-0.05, 0) is 56.3 Å². The van der Waals surface area contributed by atoms with E-state index in [0.29, 0.717) is 0 Å². The van der Waals surface area contributed by atoms with Crippen molar-refractivity contribution in [1.82, 2.24) is 5.32 Å². The molecule has 0 fully saturated rings. The maximum Gasteiger partial charge on any atom is 0.134 e. The van der Waals surface area contributed by atoms with Gasteiger partial charge in [-0.25, -0.2) is 0 Å². The Balaban J connectivity index is 2.34. The highest BCUT2D eigenvalue weighted by molar-refractivity contribution is 9.10. The van der Waals surface area contributed by atoms with Crippen molar-refractivity contribution in [2.45, 2.75) is 26.3 Å². The lowest BCUT2D eigenvalue weighted by Gasteiger charge is -2.10. The van der Waals surface area contributed by atoms with Crippen LogP contribution >= 0.6 is 15.9 Å². The van der Waals surface area contributed by atoms with E-state index < -0.39 is 0 Å². The van der Waals surface area contributed by atoms with Crippen LogP contribution in [0.15, 0.2) is 39.2 Å². The van der Waals surface area contributed by atoms with Crippen LogP contribution in [0.4, 0.5) is 0 Å². The Morgan fingerprint density at radius 3 is 2.67 bits per heavy atom. The van der Waals surface area contributed by atoms with Gasteiger partial charge in [-0.3, -0.25) is 0 Å². The number of furan rings is 1. The third kappa shape index (κ3) is 2.68. The molecule has 0 saturated heterocycles. The summed E-state index contributed by atoms with van der Waals surface area (Å²) in [6.07, 6.45) is 1.02. The minimum Gasteiger partial charge on any atom is -0.459 e. The van der Waals surface area contributed by atoms with Gasteiger partial charge in [0.2, 0.25) is 0 Å². The van der Waals surface area contributed by atoms with E-state index in [1.54, 1.807) is 0 Å². The molecule has 1 N–H and O–H groups in total. The SMILES string of the molecule is CCC(NC)c1ccc(-c2ccc(Br)cc2C)o1. The third-order valence-corrected chi connectivity index (χ3v) is 3.67. The largest absolute Gasteiger partial charge is 0.459 e. The molecule has 2 nitrogen and oxygen atoms in total. The van der Waals surface area contributed by atoms with E-state index in [-0.39, 0.29) is 6.04 Å². The Kier molecular flexibility index (Phi) is 4.25. The van der Waals surface area contributed by atoms with Crippen molar-refractivity contribution in [3.63, 3.8) is 0 Å². The maximum absolute atomic E-state index is 5.96. The lowest BCUT2D eigenvalue weighted by atomic mass is 10.1. The van der Waals surface area contributed by atoms with Crippen LogP contribution in [-0.2, 0) is 0 Å². The normalized spacial score (nSPS) is 12.7. The van der Waals surface area contributed by atoms with Gasteiger partial charge in [-0.15, -0.1) is 0 Å². The molecule has 0 aliphatic rings. The molecular formula is C15H18BrNO. The van der Waals surface area contributed by atoms with Crippen molar-refractivity contribution in [3.8, 4) is 11.3 Å². The fraction of sp³-hybridized carbons (Fsp3) is 0.333. The van der Waals surface area contributed by atoms with E-state index in [9.17, 15) is 0 Å². The number of hydrogen-bond acceptors (Lipinski definition) is 2. The quantitative estimate of drug-likeness (QED) is 0.886. The summed E-state index contributed by atoms with van der Waals surface area (Å²) in [5, 5.41) is 3.26. The molecule has 1 unspecified atom stereocenters. The predicted octanol–water partition coefficient (Wildman–Crippen LogP) is 4.69. The van der Waals surface area contributed by atoms with E-state index in [0.717, 1.165) is 28.0 Å². The van der Waals surface area contributed by atoms with Crippen LogP contribution in [0, 0.1) is 6.92 Å². The van der Waals surface area contributed by atoms with Crippen LogP contribution in [0.25, 0.3) is 11.3 Å². The first kappa shape index (κ1) is 13.4. The molecule has 0 amide bonds. The Morgan fingerprint density at radius 2 is 2.06 bits per heavy atom. The van der Waals surface area contributed by atoms with Gasteiger partial charge in [0.05, 0.1) is 6.04 Å². The lowest BCUT2D eigenvalue weighted by Crippen LogP contribution is -2.14. The van der Waals surface area contributed by atoms with Gasteiger partial charge in [0, 0.05) is 10.0 Å². The summed E-state index contributed by atoms with van der Waals surface area (Å²) in [5.74, 6) is 1.93. The molecule has 0 radical (unpaired) electrons. The lowest BCUT2D eigenvalue weighted by molar-refractivity contribution is 0.431. The highest BCUT2D eigenvalue weighted by Crippen LogP contribution is 2.30. The zero-order valence-electron chi connectivity index (χ0n) is 11.0. The van der Waals surface area contributed by atoms with E-state index in [1.165, 1.54) is 5.56 Å². The summed E-state index contributed by atoms with van der Waals surface area (Å²) in [7, 11) is 1.96. The van der Waals surface area contributed by atoms with Gasteiger partial charge in [-0.2, -0.15) is 0 Å². The van der Waals surface area contributed by atoms with Crippen LogP contribution in [0.1, 0.15) is 30.7 Å². The molecule has 1 aromatic heterocycles. The topological polar surface area (TPSA) is 25.2 Å². The molecular weight excluding hydrogens is 290 g/mol. The first-order chi connectivity index (χ1) is 8.65. The van der Waals surface area contributed by atoms with E-state index in [1.807, 2.05) is 19.2 Å². The summed E-state index contributed by atoms with van der Waals surface area (Å²) in [6, 6.07) is 10.6. The molecule has 0 bridgehead atoms. The second kappa shape index (κ2) is 5.72. The third-order valence-electron chi connectivity index (χ3n) is 3.18. The molecule has 2 aromatic rings. The predicted molar refractivity (Wildman–Crippen MR) is 78.7 cm³/mol. The zero-order chi connectivity index (χ0) is 13.1. The second-order valence-corrected chi connectivity index (χ2v) is 5.33. The monoisotopic (exact) mass is 307 g/mol. The van der Waals surface area contributed by atoms with Crippen LogP contribution in [0.5, 0.6) is 0 Å². The highest BCUT2D eigenvalue weighted by Gasteiger charge is 2.13. The summed E-state index contributed by atoms with van der Waals surface area (Å²) in [4.78, 5) is 0. The Labute approximate surface area is 117 Å². The molecule has 0 saturated carbocycles. The molecule has 3 heteroatoms. The highest BCUT2D eigenvalue weighted by atomic mass is 79.9. The van der Waals surface area contributed by atoms with Gasteiger partial charge in [0.1, 0.15) is 11.5 Å². The Bertz CT molecular complexity index is 529. The molecule has 0 aliphatic carbocycles. The number of nitrogens with one attached hydrogen (secondary N) is 1. The first-order valence-corrected chi connectivity index (χ1v) is 6.98. The molecule has 0 aliphatic heterocycles. The van der Waals surface area contributed by atoms with Crippen molar-refractivity contribution in [2.24, 2.45) is 0 Å². The average molecular weight is 308 g/mol. The van der Waals surface area contributed by atoms with Crippen molar-refractivity contribution in [3.05, 3.63) is 46.1 Å². The van der Waals surface area contributed by atoms with Gasteiger partial charge in [0.15, 0.2) is 0 Å². The fourth-order valence-corrected chi connectivity index (χ4v) is 2.61. The second-order valence-electron chi connectivity index (χ2n) is 4.41. The van der Waals surface area contributed by atoms with Gasteiger partial charge < -0.3 is 9.73 Å². The van der Waals surface area contributed by atoms with Crippen LogP contribution < -0.4 is 5.32 Å². The summed E-state index contributed by atoms with van der Waals surface area (Å²) >= 11 is 3.48. The standard InChI is InChI=1S/C15H18BrNO/c1-4-13(17-3)15-8-7-14(18-15)12-6-5-11(16)9-10(12)2/h5-9,13,17H,4H2,1-3H3. The minimum atomic E-state index is 0.287. The number of benzene rings is 1. The molecule has 1 aromatic carbocycles. The molecule has 96 valence electrons. The van der Waals surface area contributed by atoms with Crippen molar-refractivity contribution < 1.29 is 4.42 Å². The molecule has 1 atom stereocenters. The average Bonchev–Trinajstić information content (AvgIpc) is 2.80. The minimum absolute atomic E-state index is 0.287. The summed E-state index contributed by atoms with van der Waals surface area (Å²) < 4.78 is 7.05. The Hall–Kier alpha value is -1.06. The number of aryl methyl sites for hydroxylation is 1. The Morgan fingerprint density at radius 1 is 1.28 bits per heavy atom. The van der Waals surface area contributed by atoms with Gasteiger partial charge in [0.25, 0.3) is 0 Å². The smallest absolute Gasteiger partial charge is 0.134 e. The van der Waals surface area contributed by atoms with Crippen LogP contribution in [0.2, 0.25) is 0 Å². The van der Waals surface area contributed by atoms with Crippen LogP contribution in [-0.4, -0.2) is 7.05 Å². The van der Waals surface area contributed by atoms with Gasteiger partial charge in [-0.1, -0.05) is 22.9 Å². The summed E-state index contributed by atoms with van der Waals surface area (Å²) in [5.41, 5.74) is 2.36. The maximum atomic E-state index is 5.96. The van der Waals surface area contributed by atoms with E-state index in [2.05, 4.69) is 53.3 Å². The summed E-state index contributed by atoms with van der Waals surface area (Å²) in [6.45, 7) is 4.24. The zero-order valence-corrected chi connectivity index (χ0v) is 12.5. The molecule has 2 rings (SSSR count). The van der Waals surface area contributed by atoms with Crippen molar-refractivity contribution >= 4 is 15.9 Å². The van der Waals surface area contributed by atoms with E-state index in [4.69, 9.17) is 4.42 Å². The molecule has 1 heterocycles. The number of rotatable bonds is 4. The molecule has 18 heavy (non-hydrogen) atoms. The molecule has 0 spiro atoms. The number of hydrogen-bond donors (Lipinski definition) is 1. The first-order valence-electron chi connectivity index (χ1n) is 6.19. The van der Waals surface area contributed by atoms with Crippen LogP contribution in [0.3, 0.4) is 0 Å². The van der Waals surface area contributed by atoms with Gasteiger partial charge >= 0.3 is 0 Å². The van der Waals surface area contributed by atoms with Crippen molar-refractivity contribution in [2.75, 3.05) is 7.05 Å². The van der Waals surface area contributed by atoms with E-state index >= 15 is 0 Å². The fourth-order valence-electron chi connectivity index (χ4n) is 2.14. The number of halogens is 1.